The minimum atomic E-state index is 0.659. The van der Waals surface area contributed by atoms with Crippen molar-refractivity contribution < 1.29 is 4.42 Å². The van der Waals surface area contributed by atoms with Crippen LogP contribution in [-0.2, 0) is 0 Å². The zero-order valence-electron chi connectivity index (χ0n) is 29.8. The molecule has 0 fully saturated rings. The fourth-order valence-electron chi connectivity index (χ4n) is 7.51. The fourth-order valence-corrected chi connectivity index (χ4v) is 7.51. The first-order chi connectivity index (χ1) is 27.2. The summed E-state index contributed by atoms with van der Waals surface area (Å²) >= 11 is 0. The highest BCUT2D eigenvalue weighted by molar-refractivity contribution is 6.10. The van der Waals surface area contributed by atoms with Crippen molar-refractivity contribution in [1.29, 1.82) is 0 Å². The van der Waals surface area contributed by atoms with Crippen molar-refractivity contribution in [1.82, 2.24) is 15.0 Å². The minimum Gasteiger partial charge on any atom is -0.455 e. The van der Waals surface area contributed by atoms with Gasteiger partial charge in [-0.15, -0.1) is 0 Å². The monoisotopic (exact) mass is 703 g/mol. The molecular weight excluding hydrogens is 671 g/mol. The number of hydrogen-bond donors (Lipinski definition) is 0. The standard InChI is InChI=1S/C51H33N3O/c1-3-14-34(15-4-1)36-18-11-19-37(28-36)39-29-40(43-24-12-25-46-45-23-9-10-26-49(45)55-50(43)46)31-41(30-39)47-32-48(54-51(53-47)35-16-5-2-6-17-35)44-22-8-7-21-42(44)38-20-13-27-52-33-38/h1-33H. The van der Waals surface area contributed by atoms with E-state index in [-0.39, 0.29) is 0 Å². The average Bonchev–Trinajstić information content (AvgIpc) is 3.66. The van der Waals surface area contributed by atoms with Gasteiger partial charge in [0.15, 0.2) is 5.82 Å². The van der Waals surface area contributed by atoms with E-state index in [9.17, 15) is 0 Å². The predicted molar refractivity (Wildman–Crippen MR) is 225 cm³/mol. The van der Waals surface area contributed by atoms with Crippen LogP contribution in [0.1, 0.15) is 0 Å². The Kier molecular flexibility index (Phi) is 8.12. The predicted octanol–water partition coefficient (Wildman–Crippen LogP) is 13.4. The number of aromatic nitrogens is 3. The van der Waals surface area contributed by atoms with Crippen molar-refractivity contribution >= 4 is 21.9 Å². The van der Waals surface area contributed by atoms with Gasteiger partial charge in [0.2, 0.25) is 0 Å². The van der Waals surface area contributed by atoms with Gasteiger partial charge in [0.1, 0.15) is 11.2 Å². The SMILES string of the molecule is c1ccc(-c2cccc(-c3cc(-c4cc(-c5ccccc5-c5cccnc5)nc(-c5ccccc5)n4)cc(-c4cccc5c4oc4ccccc45)c3)c2)cc1. The summed E-state index contributed by atoms with van der Waals surface area (Å²) in [7, 11) is 0. The molecule has 0 N–H and O–H groups in total. The number of nitrogens with zero attached hydrogens (tertiary/aromatic N) is 3. The number of pyridine rings is 1. The Balaban J connectivity index is 1.22. The minimum absolute atomic E-state index is 0.659. The molecule has 0 radical (unpaired) electrons. The molecule has 0 atom stereocenters. The van der Waals surface area contributed by atoms with Gasteiger partial charge in [0.05, 0.1) is 11.4 Å². The van der Waals surface area contributed by atoms with Gasteiger partial charge < -0.3 is 4.42 Å². The van der Waals surface area contributed by atoms with Crippen LogP contribution in [-0.4, -0.2) is 15.0 Å². The lowest BCUT2D eigenvalue weighted by atomic mass is 9.92. The van der Waals surface area contributed by atoms with E-state index >= 15 is 0 Å². The van der Waals surface area contributed by atoms with Crippen molar-refractivity contribution in [3.8, 4) is 78.4 Å². The first kappa shape index (κ1) is 32.2. The Morgan fingerprint density at radius 1 is 0.345 bits per heavy atom. The quantitative estimate of drug-likeness (QED) is 0.166. The molecule has 10 rings (SSSR count). The first-order valence-corrected chi connectivity index (χ1v) is 18.4. The van der Waals surface area contributed by atoms with Gasteiger partial charge >= 0.3 is 0 Å². The highest BCUT2D eigenvalue weighted by Crippen LogP contribution is 2.41. The summed E-state index contributed by atoms with van der Waals surface area (Å²) in [5.41, 5.74) is 15.0. The topological polar surface area (TPSA) is 51.8 Å². The van der Waals surface area contributed by atoms with Crippen LogP contribution in [0.5, 0.6) is 0 Å². The number of para-hydroxylation sites is 2. The smallest absolute Gasteiger partial charge is 0.160 e. The van der Waals surface area contributed by atoms with Crippen LogP contribution >= 0.6 is 0 Å². The number of hydrogen-bond acceptors (Lipinski definition) is 4. The zero-order valence-corrected chi connectivity index (χ0v) is 29.8. The van der Waals surface area contributed by atoms with E-state index < -0.39 is 0 Å². The lowest BCUT2D eigenvalue weighted by Gasteiger charge is -2.15. The van der Waals surface area contributed by atoms with Crippen molar-refractivity contribution in [2.75, 3.05) is 0 Å². The molecule has 0 saturated heterocycles. The lowest BCUT2D eigenvalue weighted by molar-refractivity contribution is 0.670. The Hall–Kier alpha value is -7.43. The molecule has 0 saturated carbocycles. The van der Waals surface area contributed by atoms with E-state index in [0.717, 1.165) is 89.0 Å². The molecule has 7 aromatic carbocycles. The van der Waals surface area contributed by atoms with Crippen LogP contribution in [0, 0.1) is 0 Å². The first-order valence-electron chi connectivity index (χ1n) is 18.4. The molecular formula is C51H33N3O. The molecule has 258 valence electrons. The third kappa shape index (κ3) is 6.16. The normalized spacial score (nSPS) is 11.3. The Morgan fingerprint density at radius 3 is 1.75 bits per heavy atom. The average molecular weight is 704 g/mol. The van der Waals surface area contributed by atoms with Crippen molar-refractivity contribution in [3.63, 3.8) is 0 Å². The summed E-state index contributed by atoms with van der Waals surface area (Å²) in [6.07, 6.45) is 3.70. The van der Waals surface area contributed by atoms with Crippen molar-refractivity contribution in [2.45, 2.75) is 0 Å². The second-order valence-corrected chi connectivity index (χ2v) is 13.6. The molecule has 3 aromatic heterocycles. The van der Waals surface area contributed by atoms with Crippen LogP contribution in [0.3, 0.4) is 0 Å². The van der Waals surface area contributed by atoms with Crippen LogP contribution < -0.4 is 0 Å². The molecule has 0 aliphatic rings. The van der Waals surface area contributed by atoms with Crippen LogP contribution in [0.2, 0.25) is 0 Å². The lowest BCUT2D eigenvalue weighted by Crippen LogP contribution is -1.97. The van der Waals surface area contributed by atoms with Crippen molar-refractivity contribution in [3.05, 3.63) is 200 Å². The van der Waals surface area contributed by atoms with E-state index in [4.69, 9.17) is 14.4 Å². The fraction of sp³-hybridized carbons (Fsp3) is 0. The van der Waals surface area contributed by atoms with Crippen molar-refractivity contribution in [2.24, 2.45) is 0 Å². The second kappa shape index (κ2) is 13.8. The maximum Gasteiger partial charge on any atom is 0.160 e. The zero-order chi connectivity index (χ0) is 36.6. The maximum atomic E-state index is 6.58. The van der Waals surface area contributed by atoms with Gasteiger partial charge in [-0.2, -0.15) is 0 Å². The third-order valence-corrected chi connectivity index (χ3v) is 10.2. The van der Waals surface area contributed by atoms with Gasteiger partial charge in [-0.05, 0) is 75.8 Å². The Morgan fingerprint density at radius 2 is 0.927 bits per heavy atom. The summed E-state index contributed by atoms with van der Waals surface area (Å²) in [6, 6.07) is 65.4. The van der Waals surface area contributed by atoms with Crippen LogP contribution in [0.4, 0.5) is 0 Å². The highest BCUT2D eigenvalue weighted by atomic mass is 16.3. The molecule has 0 amide bonds. The van der Waals surface area contributed by atoms with E-state index in [2.05, 4.69) is 157 Å². The summed E-state index contributed by atoms with van der Waals surface area (Å²) in [5.74, 6) is 0.659. The number of benzene rings is 7. The van der Waals surface area contributed by atoms with E-state index in [1.165, 1.54) is 5.56 Å². The Labute approximate surface area is 319 Å². The van der Waals surface area contributed by atoms with Gasteiger partial charge in [-0.25, -0.2) is 9.97 Å². The second-order valence-electron chi connectivity index (χ2n) is 13.6. The van der Waals surface area contributed by atoms with Crippen LogP contribution in [0.15, 0.2) is 205 Å². The molecule has 0 bridgehead atoms. The van der Waals surface area contributed by atoms with Crippen LogP contribution in [0.25, 0.3) is 100 Å². The summed E-state index contributed by atoms with van der Waals surface area (Å²) in [4.78, 5) is 14.9. The van der Waals surface area contributed by atoms with E-state index in [0.29, 0.717) is 5.82 Å². The number of furan rings is 1. The molecule has 10 aromatic rings. The largest absolute Gasteiger partial charge is 0.455 e. The summed E-state index contributed by atoms with van der Waals surface area (Å²) < 4.78 is 6.58. The Bertz CT molecular complexity index is 2970. The third-order valence-electron chi connectivity index (χ3n) is 10.2. The summed E-state index contributed by atoms with van der Waals surface area (Å²) in [5, 5.41) is 2.19. The molecule has 3 heterocycles. The van der Waals surface area contributed by atoms with Gasteiger partial charge in [-0.1, -0.05) is 146 Å². The number of rotatable bonds is 7. The molecule has 0 aliphatic carbocycles. The molecule has 0 spiro atoms. The highest BCUT2D eigenvalue weighted by Gasteiger charge is 2.18. The van der Waals surface area contributed by atoms with Gasteiger partial charge in [-0.3, -0.25) is 4.98 Å². The van der Waals surface area contributed by atoms with Gasteiger partial charge in [0, 0.05) is 51.0 Å². The molecule has 4 nitrogen and oxygen atoms in total. The van der Waals surface area contributed by atoms with Gasteiger partial charge in [0.25, 0.3) is 0 Å². The maximum absolute atomic E-state index is 6.58. The summed E-state index contributed by atoms with van der Waals surface area (Å²) in [6.45, 7) is 0. The molecule has 0 aliphatic heterocycles. The van der Waals surface area contributed by atoms with E-state index in [1.54, 1.807) is 6.20 Å². The number of fused-ring (bicyclic) bond motifs is 3. The molecule has 4 heteroatoms. The van der Waals surface area contributed by atoms with E-state index in [1.807, 2.05) is 42.6 Å². The molecule has 0 unspecified atom stereocenters. The molecule has 55 heavy (non-hydrogen) atoms.